The molecule has 1 rings (SSSR count). The summed E-state index contributed by atoms with van der Waals surface area (Å²) in [5.41, 5.74) is 1.93. The van der Waals surface area contributed by atoms with Gasteiger partial charge in [-0.3, -0.25) is 4.55 Å². The molecule has 1 aromatic rings. The molecule has 25 heavy (non-hydrogen) atoms. The van der Waals surface area contributed by atoms with Gasteiger partial charge in [-0.2, -0.15) is 8.42 Å². The Kier molecular flexibility index (Phi) is 7.68. The van der Waals surface area contributed by atoms with Crippen molar-refractivity contribution in [2.24, 2.45) is 17.8 Å². The first-order chi connectivity index (χ1) is 11.3. The van der Waals surface area contributed by atoms with Crippen LogP contribution in [0.25, 0.3) is 0 Å². The summed E-state index contributed by atoms with van der Waals surface area (Å²) < 4.78 is 33.4. The Hall–Kier alpha value is -0.440. The average molecular weight is 388 g/mol. The lowest BCUT2D eigenvalue weighted by Crippen LogP contribution is -2.31. The molecule has 0 unspecified atom stereocenters. The molecule has 0 saturated heterocycles. The number of rotatable bonds is 8. The van der Waals surface area contributed by atoms with Crippen molar-refractivity contribution in [1.82, 2.24) is 0 Å². The van der Waals surface area contributed by atoms with Crippen LogP contribution < -0.4 is 5.30 Å². The second-order valence-electron chi connectivity index (χ2n) is 8.70. The summed E-state index contributed by atoms with van der Waals surface area (Å²) in [4.78, 5) is 0.0775. The van der Waals surface area contributed by atoms with Gasteiger partial charge in [-0.25, -0.2) is 0 Å². The lowest BCUT2D eigenvalue weighted by molar-refractivity contribution is 0.482. The molecule has 0 aliphatic rings. The van der Waals surface area contributed by atoms with Gasteiger partial charge in [0.1, 0.15) is 10.2 Å². The molecule has 0 fully saturated rings. The van der Waals surface area contributed by atoms with E-state index in [1.165, 1.54) is 10.9 Å². The maximum Gasteiger partial charge on any atom is 0.294 e. The molecule has 1 aromatic carbocycles. The summed E-state index contributed by atoms with van der Waals surface area (Å²) in [5, 5.41) is 1.23. The zero-order valence-electron chi connectivity index (χ0n) is 17.1. The third-order valence-corrected chi connectivity index (χ3v) is 11.4. The Morgan fingerprint density at radius 3 is 1.60 bits per heavy atom. The number of benzene rings is 1. The van der Waals surface area contributed by atoms with Gasteiger partial charge in [0.2, 0.25) is 0 Å². The quantitative estimate of drug-likeness (QED) is 0.495. The van der Waals surface area contributed by atoms with Gasteiger partial charge < -0.3 is 0 Å². The van der Waals surface area contributed by atoms with Crippen LogP contribution in [-0.2, 0) is 10.1 Å². The molecule has 0 amide bonds. The highest BCUT2D eigenvalue weighted by Gasteiger charge is 2.45. The first kappa shape index (κ1) is 22.6. The van der Waals surface area contributed by atoms with Gasteiger partial charge in [0, 0.05) is 12.8 Å². The van der Waals surface area contributed by atoms with Gasteiger partial charge in [-0.1, -0.05) is 47.6 Å². The minimum atomic E-state index is -4.20. The van der Waals surface area contributed by atoms with Gasteiger partial charge in [0.15, 0.2) is 0 Å². The topological polar surface area (TPSA) is 54.4 Å². The zero-order chi connectivity index (χ0) is 19.6. The molecule has 0 aliphatic carbocycles. The molecule has 0 bridgehead atoms. The summed E-state index contributed by atoms with van der Waals surface area (Å²) in [6, 6.07) is 3.43. The molecular formula is C20H36O3PS+. The lowest BCUT2D eigenvalue weighted by Gasteiger charge is -2.34. The highest BCUT2D eigenvalue weighted by molar-refractivity contribution is 7.86. The summed E-state index contributed by atoms with van der Waals surface area (Å²) in [7, 11) is -5.76. The molecular weight excluding hydrogens is 351 g/mol. The van der Waals surface area contributed by atoms with Crippen LogP contribution in [0.3, 0.4) is 0 Å². The van der Waals surface area contributed by atoms with Crippen molar-refractivity contribution < 1.29 is 13.0 Å². The Labute approximate surface area is 155 Å². The van der Waals surface area contributed by atoms with Crippen LogP contribution in [0.4, 0.5) is 0 Å². The molecule has 144 valence electrons. The van der Waals surface area contributed by atoms with Crippen molar-refractivity contribution >= 4 is 22.7 Å². The molecule has 0 radical (unpaired) electrons. The third kappa shape index (κ3) is 5.77. The normalized spacial score (nSPS) is 13.3. The molecule has 5 heteroatoms. The lowest BCUT2D eigenvalue weighted by atomic mass is 10.1. The fourth-order valence-corrected chi connectivity index (χ4v) is 12.1. The van der Waals surface area contributed by atoms with Gasteiger partial charge in [-0.05, 0) is 43.2 Å². The van der Waals surface area contributed by atoms with Crippen molar-refractivity contribution in [2.45, 2.75) is 60.3 Å². The second-order valence-corrected chi connectivity index (χ2v) is 13.9. The van der Waals surface area contributed by atoms with E-state index in [2.05, 4.69) is 48.5 Å². The number of hydrogen-bond acceptors (Lipinski definition) is 2. The van der Waals surface area contributed by atoms with Crippen LogP contribution >= 0.6 is 7.26 Å². The Morgan fingerprint density at radius 1 is 0.880 bits per heavy atom. The Balaban J connectivity index is 3.79. The first-order valence-electron chi connectivity index (χ1n) is 9.24. The molecule has 0 aromatic heterocycles. The maximum atomic E-state index is 11.9. The van der Waals surface area contributed by atoms with E-state index in [9.17, 15) is 13.0 Å². The third-order valence-electron chi connectivity index (χ3n) is 4.48. The average Bonchev–Trinajstić information content (AvgIpc) is 2.33. The minimum Gasteiger partial charge on any atom is -0.282 e. The number of aryl methyl sites for hydroxylation is 1. The Morgan fingerprint density at radius 2 is 1.28 bits per heavy atom. The van der Waals surface area contributed by atoms with Crippen LogP contribution in [0.1, 0.15) is 52.7 Å². The van der Waals surface area contributed by atoms with E-state index >= 15 is 0 Å². The standard InChI is InChI=1S/C20H35O3PS/c1-14(2)11-24(12-15(3)4,13-16(5)6)20-17(7)9-10-19(18(20)8)25(21,22)23/h9-10,14-16H,11-13H2,1-8H3/p+1. The SMILES string of the molecule is Cc1ccc(S(=O)(=O)O)c(C)c1[P+](CC(C)C)(CC(C)C)CC(C)C. The van der Waals surface area contributed by atoms with Crippen LogP contribution in [0.15, 0.2) is 17.0 Å². The van der Waals surface area contributed by atoms with Gasteiger partial charge in [-0.15, -0.1) is 0 Å². The zero-order valence-corrected chi connectivity index (χ0v) is 18.8. The van der Waals surface area contributed by atoms with Crippen molar-refractivity contribution in [3.63, 3.8) is 0 Å². The molecule has 1 N–H and O–H groups in total. The van der Waals surface area contributed by atoms with Crippen molar-refractivity contribution in [1.29, 1.82) is 0 Å². The van der Waals surface area contributed by atoms with Gasteiger partial charge >= 0.3 is 0 Å². The van der Waals surface area contributed by atoms with E-state index in [0.717, 1.165) is 24.0 Å². The summed E-state index contributed by atoms with van der Waals surface area (Å²) in [5.74, 6) is 1.66. The minimum absolute atomic E-state index is 0.0775. The largest absolute Gasteiger partial charge is 0.294 e. The van der Waals surface area contributed by atoms with Crippen molar-refractivity contribution in [2.75, 3.05) is 18.5 Å². The van der Waals surface area contributed by atoms with E-state index in [0.29, 0.717) is 17.8 Å². The van der Waals surface area contributed by atoms with Crippen LogP contribution in [0.5, 0.6) is 0 Å². The monoisotopic (exact) mass is 387 g/mol. The summed E-state index contributed by atoms with van der Waals surface area (Å²) >= 11 is 0. The second kappa shape index (κ2) is 8.50. The van der Waals surface area contributed by atoms with Gasteiger partial charge in [0.05, 0.1) is 18.5 Å². The fourth-order valence-electron chi connectivity index (χ4n) is 4.42. The molecule has 0 spiro atoms. The highest BCUT2D eigenvalue weighted by Crippen LogP contribution is 2.62. The molecule has 0 atom stereocenters. The molecule has 3 nitrogen and oxygen atoms in total. The highest BCUT2D eigenvalue weighted by atomic mass is 32.2. The fraction of sp³-hybridized carbons (Fsp3) is 0.700. The van der Waals surface area contributed by atoms with Crippen LogP contribution in [0.2, 0.25) is 0 Å². The first-order valence-corrected chi connectivity index (χ1v) is 13.0. The van der Waals surface area contributed by atoms with E-state index in [4.69, 9.17) is 0 Å². The Bertz CT molecular complexity index is 665. The maximum absolute atomic E-state index is 11.9. The van der Waals surface area contributed by atoms with Crippen LogP contribution in [0, 0.1) is 31.6 Å². The van der Waals surface area contributed by atoms with E-state index in [1.807, 2.05) is 13.0 Å². The smallest absolute Gasteiger partial charge is 0.282 e. The number of hydrogen-bond donors (Lipinski definition) is 1. The summed E-state index contributed by atoms with van der Waals surface area (Å²) in [6.45, 7) is 17.5. The predicted octanol–water partition coefficient (Wildman–Crippen LogP) is 5.16. The predicted molar refractivity (Wildman–Crippen MR) is 111 cm³/mol. The van der Waals surface area contributed by atoms with Crippen LogP contribution in [-0.4, -0.2) is 31.5 Å². The molecule has 0 aliphatic heterocycles. The molecule has 0 saturated carbocycles. The van der Waals surface area contributed by atoms with E-state index in [-0.39, 0.29) is 4.90 Å². The van der Waals surface area contributed by atoms with E-state index < -0.39 is 17.4 Å². The van der Waals surface area contributed by atoms with Crippen molar-refractivity contribution in [3.05, 3.63) is 23.3 Å². The van der Waals surface area contributed by atoms with Crippen molar-refractivity contribution in [3.8, 4) is 0 Å². The summed E-state index contributed by atoms with van der Waals surface area (Å²) in [6.07, 6.45) is 3.37. The van der Waals surface area contributed by atoms with E-state index in [1.54, 1.807) is 6.07 Å². The van der Waals surface area contributed by atoms with Gasteiger partial charge in [0.25, 0.3) is 10.1 Å². The molecule has 0 heterocycles.